The van der Waals surface area contributed by atoms with Crippen LogP contribution >= 0.6 is 22.6 Å². The molecule has 0 bridgehead atoms. The van der Waals surface area contributed by atoms with Crippen LogP contribution in [-0.2, 0) is 16.0 Å². The van der Waals surface area contributed by atoms with Crippen molar-refractivity contribution in [2.45, 2.75) is 102 Å². The number of amides is 2. The first kappa shape index (κ1) is 40.3. The Balaban J connectivity index is 1.89. The van der Waals surface area contributed by atoms with Gasteiger partial charge in [0.05, 0.1) is 30.4 Å². The van der Waals surface area contributed by atoms with E-state index in [2.05, 4.69) is 12.2 Å². The van der Waals surface area contributed by atoms with E-state index in [0.717, 1.165) is 31.2 Å². The molecule has 1 aliphatic rings. The van der Waals surface area contributed by atoms with Crippen LogP contribution in [0.5, 0.6) is 17.2 Å². The molecule has 0 heterocycles. The summed E-state index contributed by atoms with van der Waals surface area (Å²) in [5.41, 5.74) is 1.67. The Labute approximate surface area is 304 Å². The van der Waals surface area contributed by atoms with E-state index in [4.69, 9.17) is 14.2 Å². The number of nitrogens with one attached hydrogen (secondary N) is 1. The van der Waals surface area contributed by atoms with Crippen molar-refractivity contribution in [2.75, 3.05) is 33.9 Å². The van der Waals surface area contributed by atoms with Gasteiger partial charge in [0.15, 0.2) is 11.5 Å². The van der Waals surface area contributed by atoms with E-state index >= 15 is 0 Å². The zero-order valence-corrected chi connectivity index (χ0v) is 31.3. The van der Waals surface area contributed by atoms with Crippen LogP contribution in [-0.4, -0.2) is 85.4 Å². The van der Waals surface area contributed by atoms with Gasteiger partial charge in [-0.3, -0.25) is 14.4 Å². The van der Waals surface area contributed by atoms with Gasteiger partial charge in [-0.05, 0) is 65.3 Å². The van der Waals surface area contributed by atoms with Crippen molar-refractivity contribution in [1.82, 2.24) is 10.2 Å². The van der Waals surface area contributed by atoms with Gasteiger partial charge in [0.1, 0.15) is 24.2 Å². The Morgan fingerprint density at radius 2 is 1.67 bits per heavy atom. The number of benzene rings is 2. The third kappa shape index (κ3) is 12.3. The molecular weight excluding hydrogens is 739 g/mol. The van der Waals surface area contributed by atoms with Crippen LogP contribution in [0.4, 0.5) is 0 Å². The number of rotatable bonds is 22. The number of hydrogen-bond donors (Lipinski definition) is 3. The van der Waals surface area contributed by atoms with Crippen molar-refractivity contribution < 1.29 is 38.8 Å². The highest BCUT2D eigenvalue weighted by molar-refractivity contribution is 14.1. The number of nitrogens with zero attached hydrogens (tertiary/aromatic N) is 1. The average molecular weight is 793 g/mol. The first-order chi connectivity index (χ1) is 23.8. The second-order valence-electron chi connectivity index (χ2n) is 12.4. The first-order valence-corrected chi connectivity index (χ1v) is 18.5. The molecule has 1 aliphatic carbocycles. The number of hydrogen-bond acceptors (Lipinski definition) is 8. The lowest BCUT2D eigenvalue weighted by Gasteiger charge is -2.41. The summed E-state index contributed by atoms with van der Waals surface area (Å²) in [5, 5.41) is 24.0. The second kappa shape index (κ2) is 21.8. The highest BCUT2D eigenvalue weighted by Gasteiger charge is 2.40. The minimum Gasteiger partial charge on any atom is -0.496 e. The van der Waals surface area contributed by atoms with Gasteiger partial charge in [0.25, 0.3) is 0 Å². The molecule has 10 nitrogen and oxygen atoms in total. The van der Waals surface area contributed by atoms with Crippen molar-refractivity contribution in [1.29, 1.82) is 0 Å². The molecule has 2 aromatic carbocycles. The van der Waals surface area contributed by atoms with E-state index in [0.29, 0.717) is 57.6 Å². The standard InChI is InChI=1S/C38H53IN2O8/c1-4-5-6-7-8-9-10-11-12-17-35(44)41(20-18-28-15-13-14-16-32(28)47-2)31-24-29(38(46)40-19-21-42)25-33(36(31)45)49-37-30(39)22-27(26-43)23-34(37)48-3/h13-16,22-23,25-26,31,33,36,42,45H,4-12,17-21,24H2,1-3H3,(H,40,46)/t31-,33+,36+/m1/s1. The Kier molecular flexibility index (Phi) is 17.9. The van der Waals surface area contributed by atoms with Crippen LogP contribution in [0.1, 0.15) is 93.5 Å². The zero-order valence-electron chi connectivity index (χ0n) is 29.1. The molecule has 3 N–H and O–H groups in total. The first-order valence-electron chi connectivity index (χ1n) is 17.5. The molecule has 3 rings (SSSR count). The quantitative estimate of drug-likeness (QED) is 0.0749. The van der Waals surface area contributed by atoms with Crippen LogP contribution in [0, 0.1) is 3.57 Å². The molecule has 270 valence electrons. The van der Waals surface area contributed by atoms with Crippen molar-refractivity contribution in [3.63, 3.8) is 0 Å². The molecule has 0 fully saturated rings. The van der Waals surface area contributed by atoms with Gasteiger partial charge in [-0.15, -0.1) is 0 Å². The third-order valence-corrected chi connectivity index (χ3v) is 9.69. The number of aliphatic hydroxyl groups excluding tert-OH is 2. The van der Waals surface area contributed by atoms with Crippen LogP contribution in [0.2, 0.25) is 0 Å². The third-order valence-electron chi connectivity index (χ3n) is 8.89. The van der Waals surface area contributed by atoms with Gasteiger partial charge >= 0.3 is 0 Å². The minimum atomic E-state index is -1.19. The number of halogens is 1. The molecule has 0 aliphatic heterocycles. The highest BCUT2D eigenvalue weighted by Crippen LogP contribution is 2.37. The van der Waals surface area contributed by atoms with E-state index in [1.54, 1.807) is 30.2 Å². The summed E-state index contributed by atoms with van der Waals surface area (Å²) in [6, 6.07) is 10.1. The molecule has 0 radical (unpaired) electrons. The zero-order chi connectivity index (χ0) is 35.6. The lowest BCUT2D eigenvalue weighted by molar-refractivity contribution is -0.138. The Morgan fingerprint density at radius 3 is 2.33 bits per heavy atom. The normalized spacial score (nSPS) is 17.2. The summed E-state index contributed by atoms with van der Waals surface area (Å²) in [7, 11) is 3.07. The Hall–Kier alpha value is -3.16. The van der Waals surface area contributed by atoms with E-state index in [-0.39, 0.29) is 25.5 Å². The molecule has 2 aromatic rings. The molecule has 3 atom stereocenters. The molecule has 0 aromatic heterocycles. The van der Waals surface area contributed by atoms with Gasteiger partial charge in [-0.1, -0.05) is 76.5 Å². The van der Waals surface area contributed by atoms with E-state index in [9.17, 15) is 24.6 Å². The molecule has 0 saturated carbocycles. The lowest BCUT2D eigenvalue weighted by Crippen LogP contribution is -2.55. The van der Waals surface area contributed by atoms with E-state index in [1.807, 2.05) is 46.9 Å². The lowest BCUT2D eigenvalue weighted by atomic mass is 9.87. The van der Waals surface area contributed by atoms with Crippen LogP contribution in [0.15, 0.2) is 48.0 Å². The highest BCUT2D eigenvalue weighted by atomic mass is 127. The predicted molar refractivity (Wildman–Crippen MR) is 198 cm³/mol. The molecule has 11 heteroatoms. The topological polar surface area (TPSA) is 135 Å². The Bertz CT molecular complexity index is 1380. The molecule has 0 spiro atoms. The van der Waals surface area contributed by atoms with Crippen LogP contribution in [0.25, 0.3) is 0 Å². The molecule has 49 heavy (non-hydrogen) atoms. The molecular formula is C38H53IN2O8. The monoisotopic (exact) mass is 792 g/mol. The number of carbonyl (C=O) groups excluding carboxylic acids is 3. The fourth-order valence-corrected chi connectivity index (χ4v) is 6.95. The fourth-order valence-electron chi connectivity index (χ4n) is 6.19. The van der Waals surface area contributed by atoms with Gasteiger partial charge in [-0.2, -0.15) is 0 Å². The fraction of sp³-hybridized carbons (Fsp3) is 0.553. The maximum atomic E-state index is 14.0. The number of aliphatic hydroxyl groups is 2. The van der Waals surface area contributed by atoms with E-state index in [1.165, 1.54) is 39.2 Å². The number of para-hydroxylation sites is 1. The number of ether oxygens (including phenoxy) is 3. The summed E-state index contributed by atoms with van der Waals surface area (Å²) < 4.78 is 18.0. The summed E-state index contributed by atoms with van der Waals surface area (Å²) in [6.07, 6.45) is 11.1. The molecule has 2 amide bonds. The van der Waals surface area contributed by atoms with Crippen molar-refractivity contribution >= 4 is 40.7 Å². The number of unbranched alkanes of at least 4 members (excludes halogenated alkanes) is 8. The van der Waals surface area contributed by atoms with Crippen LogP contribution in [0.3, 0.4) is 0 Å². The molecule has 0 saturated heterocycles. The number of carbonyl (C=O) groups is 3. The summed E-state index contributed by atoms with van der Waals surface area (Å²) in [6.45, 7) is 2.34. The van der Waals surface area contributed by atoms with Crippen LogP contribution < -0.4 is 19.5 Å². The van der Waals surface area contributed by atoms with E-state index < -0.39 is 24.2 Å². The minimum absolute atomic E-state index is 0.0584. The summed E-state index contributed by atoms with van der Waals surface area (Å²) >= 11 is 2.04. The largest absolute Gasteiger partial charge is 0.496 e. The van der Waals surface area contributed by atoms with Gasteiger partial charge in [-0.25, -0.2) is 0 Å². The SMILES string of the molecule is CCCCCCCCCCCC(=O)N(CCc1ccccc1OC)[C@@H]1CC(C(=O)NCCO)=C[C@H](Oc2c(I)cc(C=O)cc2OC)[C@H]1O. The Morgan fingerprint density at radius 1 is 1.00 bits per heavy atom. The van der Waals surface area contributed by atoms with Crippen molar-refractivity contribution in [2.24, 2.45) is 0 Å². The maximum absolute atomic E-state index is 14.0. The predicted octanol–water partition coefficient (Wildman–Crippen LogP) is 6.03. The number of aldehydes is 1. The molecule has 0 unspecified atom stereocenters. The summed E-state index contributed by atoms with van der Waals surface area (Å²) in [4.78, 5) is 40.5. The van der Waals surface area contributed by atoms with Gasteiger partial charge < -0.3 is 34.6 Å². The maximum Gasteiger partial charge on any atom is 0.247 e. The smallest absolute Gasteiger partial charge is 0.247 e. The van der Waals surface area contributed by atoms with Gasteiger partial charge in [0, 0.05) is 37.1 Å². The van der Waals surface area contributed by atoms with Crippen molar-refractivity contribution in [3.05, 3.63) is 62.7 Å². The van der Waals surface area contributed by atoms with Gasteiger partial charge in [0.2, 0.25) is 11.8 Å². The average Bonchev–Trinajstić information content (AvgIpc) is 3.11. The summed E-state index contributed by atoms with van der Waals surface area (Å²) in [5.74, 6) is 0.821. The second-order valence-corrected chi connectivity index (χ2v) is 13.6. The van der Waals surface area contributed by atoms with Crippen molar-refractivity contribution in [3.8, 4) is 17.2 Å². The number of methoxy groups -OCH3 is 2.